The topological polar surface area (TPSA) is 123 Å². The van der Waals surface area contributed by atoms with E-state index in [1.807, 2.05) is 6.07 Å². The predicted octanol–water partition coefficient (Wildman–Crippen LogP) is 4.95. The SMILES string of the molecule is N#Cc1cccc(C2(N)CC2c2ccc(F)c(NC(=O)c3cc(C(F)(F)F)nn3-c3cccc(CN)c3)c2)c1. The Hall–Kier alpha value is -4.53. The van der Waals surface area contributed by atoms with E-state index < -0.39 is 34.8 Å². The number of nitrogens with one attached hydrogen (secondary N) is 1. The van der Waals surface area contributed by atoms with E-state index in [-0.39, 0.29) is 23.8 Å². The lowest BCUT2D eigenvalue weighted by molar-refractivity contribution is -0.141. The van der Waals surface area contributed by atoms with Gasteiger partial charge in [-0.1, -0.05) is 30.3 Å². The third-order valence-electron chi connectivity index (χ3n) is 6.80. The maximum atomic E-state index is 14.8. The number of nitriles is 1. The molecule has 4 aromatic rings. The van der Waals surface area contributed by atoms with Crippen molar-refractivity contribution in [2.24, 2.45) is 11.5 Å². The van der Waals surface area contributed by atoms with E-state index in [2.05, 4.69) is 16.5 Å². The van der Waals surface area contributed by atoms with Crippen LogP contribution in [0.2, 0.25) is 0 Å². The van der Waals surface area contributed by atoms with Crippen molar-refractivity contribution in [2.45, 2.75) is 30.6 Å². The number of nitrogens with zero attached hydrogens (tertiary/aromatic N) is 3. The minimum Gasteiger partial charge on any atom is -0.326 e. The van der Waals surface area contributed by atoms with E-state index in [1.54, 1.807) is 36.4 Å². The Morgan fingerprint density at radius 2 is 1.90 bits per heavy atom. The highest BCUT2D eigenvalue weighted by Crippen LogP contribution is 2.56. The molecule has 1 fully saturated rings. The molecule has 3 aromatic carbocycles. The lowest BCUT2D eigenvalue weighted by Gasteiger charge is -2.14. The second-order valence-electron chi connectivity index (χ2n) is 9.38. The van der Waals surface area contributed by atoms with Crippen molar-refractivity contribution in [1.82, 2.24) is 9.78 Å². The molecule has 39 heavy (non-hydrogen) atoms. The van der Waals surface area contributed by atoms with E-state index in [0.717, 1.165) is 10.2 Å². The van der Waals surface area contributed by atoms with Crippen molar-refractivity contribution >= 4 is 11.6 Å². The van der Waals surface area contributed by atoms with Crippen molar-refractivity contribution in [3.05, 3.63) is 112 Å². The number of rotatable bonds is 6. The Kier molecular flexibility index (Phi) is 6.46. The highest BCUT2D eigenvalue weighted by molar-refractivity contribution is 6.03. The zero-order valence-electron chi connectivity index (χ0n) is 20.3. The summed E-state index contributed by atoms with van der Waals surface area (Å²) in [6.07, 6.45) is -4.28. The minimum absolute atomic E-state index is 0.130. The summed E-state index contributed by atoms with van der Waals surface area (Å²) in [6, 6.07) is 20.0. The van der Waals surface area contributed by atoms with E-state index in [1.165, 1.54) is 24.3 Å². The zero-order chi connectivity index (χ0) is 27.9. The molecule has 7 nitrogen and oxygen atoms in total. The standard InChI is InChI=1S/C28H22F4N6O/c29-22-8-7-18(21-13-27(21,35)19-5-1-3-16(9-19)14-33)11-23(22)36-26(39)24-12-25(28(30,31)32)37-38(24)20-6-2-4-17(10-20)15-34/h1-12,21H,13,15,34-35H2,(H,36,39). The Morgan fingerprint density at radius 3 is 2.62 bits per heavy atom. The van der Waals surface area contributed by atoms with Gasteiger partial charge in [-0.3, -0.25) is 4.79 Å². The van der Waals surface area contributed by atoms with Gasteiger partial charge in [0, 0.05) is 24.1 Å². The van der Waals surface area contributed by atoms with Crippen LogP contribution in [0.25, 0.3) is 5.69 Å². The molecule has 0 bridgehead atoms. The average molecular weight is 535 g/mol. The molecule has 0 aliphatic heterocycles. The number of nitrogens with two attached hydrogens (primary N) is 2. The Morgan fingerprint density at radius 1 is 1.13 bits per heavy atom. The van der Waals surface area contributed by atoms with E-state index in [9.17, 15) is 27.6 Å². The van der Waals surface area contributed by atoms with Crippen molar-refractivity contribution in [2.75, 3.05) is 5.32 Å². The number of amides is 1. The number of aromatic nitrogens is 2. The fourth-order valence-electron chi connectivity index (χ4n) is 4.63. The molecule has 0 saturated heterocycles. The summed E-state index contributed by atoms with van der Waals surface area (Å²) < 4.78 is 56.1. The molecule has 198 valence electrons. The van der Waals surface area contributed by atoms with Crippen LogP contribution < -0.4 is 16.8 Å². The zero-order valence-corrected chi connectivity index (χ0v) is 20.3. The van der Waals surface area contributed by atoms with Crippen LogP contribution in [-0.2, 0) is 18.3 Å². The Balaban J connectivity index is 1.45. The summed E-state index contributed by atoms with van der Waals surface area (Å²) in [7, 11) is 0. The molecule has 5 rings (SSSR count). The predicted molar refractivity (Wildman–Crippen MR) is 135 cm³/mol. The van der Waals surface area contributed by atoms with Gasteiger partial charge in [-0.25, -0.2) is 9.07 Å². The van der Waals surface area contributed by atoms with E-state index in [0.29, 0.717) is 29.2 Å². The molecule has 1 amide bonds. The van der Waals surface area contributed by atoms with Crippen LogP contribution in [0.4, 0.5) is 23.2 Å². The third-order valence-corrected chi connectivity index (χ3v) is 6.80. The van der Waals surface area contributed by atoms with Crippen molar-refractivity contribution in [3.8, 4) is 11.8 Å². The molecule has 0 spiro atoms. The van der Waals surface area contributed by atoms with Crippen LogP contribution >= 0.6 is 0 Å². The number of carbonyl (C=O) groups excluding carboxylic acids is 1. The Labute approximate surface area is 220 Å². The second-order valence-corrected chi connectivity index (χ2v) is 9.38. The molecule has 1 heterocycles. The normalized spacial score (nSPS) is 18.4. The summed E-state index contributed by atoms with van der Waals surface area (Å²) in [5.41, 5.74) is 12.2. The largest absolute Gasteiger partial charge is 0.435 e. The van der Waals surface area contributed by atoms with Crippen LogP contribution in [-0.4, -0.2) is 15.7 Å². The van der Waals surface area contributed by atoms with Gasteiger partial charge in [-0.15, -0.1) is 0 Å². The molecule has 1 aromatic heterocycles. The summed E-state index contributed by atoms with van der Waals surface area (Å²) in [6.45, 7) is 0.130. The number of carbonyl (C=O) groups is 1. The fraction of sp³-hybridized carbons (Fsp3) is 0.179. The van der Waals surface area contributed by atoms with Gasteiger partial charge in [-0.05, 0) is 59.5 Å². The first-order chi connectivity index (χ1) is 18.5. The third kappa shape index (κ3) is 4.99. The van der Waals surface area contributed by atoms with Gasteiger partial charge >= 0.3 is 6.18 Å². The average Bonchev–Trinajstić information content (AvgIpc) is 3.40. The number of benzene rings is 3. The quantitative estimate of drug-likeness (QED) is 0.302. The lowest BCUT2D eigenvalue weighted by atomic mass is 9.97. The van der Waals surface area contributed by atoms with Crippen molar-refractivity contribution in [1.29, 1.82) is 5.26 Å². The first kappa shape index (κ1) is 26.1. The fourth-order valence-corrected chi connectivity index (χ4v) is 4.63. The maximum Gasteiger partial charge on any atom is 0.435 e. The number of anilines is 1. The molecule has 1 aliphatic rings. The summed E-state index contributed by atoms with van der Waals surface area (Å²) in [4.78, 5) is 13.2. The molecule has 0 radical (unpaired) electrons. The first-order valence-corrected chi connectivity index (χ1v) is 11.9. The molecular formula is C28H22F4N6O. The van der Waals surface area contributed by atoms with Gasteiger partial charge in [-0.2, -0.15) is 23.5 Å². The Bertz CT molecular complexity index is 1620. The number of halogens is 4. The highest BCUT2D eigenvalue weighted by atomic mass is 19.4. The molecule has 1 aliphatic carbocycles. The van der Waals surface area contributed by atoms with Crippen LogP contribution in [0.5, 0.6) is 0 Å². The van der Waals surface area contributed by atoms with Gasteiger partial charge in [0.1, 0.15) is 11.5 Å². The monoisotopic (exact) mass is 534 g/mol. The van der Waals surface area contributed by atoms with Crippen LogP contribution in [0.3, 0.4) is 0 Å². The van der Waals surface area contributed by atoms with E-state index >= 15 is 0 Å². The van der Waals surface area contributed by atoms with Gasteiger partial charge in [0.05, 0.1) is 23.0 Å². The van der Waals surface area contributed by atoms with E-state index in [4.69, 9.17) is 11.5 Å². The highest BCUT2D eigenvalue weighted by Gasteiger charge is 2.53. The minimum atomic E-state index is -4.81. The molecule has 5 N–H and O–H groups in total. The number of hydrogen-bond donors (Lipinski definition) is 3. The van der Waals surface area contributed by atoms with Gasteiger partial charge in [0.15, 0.2) is 5.69 Å². The molecule has 11 heteroatoms. The molecular weight excluding hydrogens is 512 g/mol. The second kappa shape index (κ2) is 9.65. The first-order valence-electron chi connectivity index (χ1n) is 11.9. The van der Waals surface area contributed by atoms with Gasteiger partial charge in [0.2, 0.25) is 0 Å². The van der Waals surface area contributed by atoms with Crippen molar-refractivity contribution < 1.29 is 22.4 Å². The van der Waals surface area contributed by atoms with Crippen LogP contribution in [0.1, 0.15) is 50.8 Å². The smallest absolute Gasteiger partial charge is 0.326 e. The molecule has 2 unspecified atom stereocenters. The number of hydrogen-bond acceptors (Lipinski definition) is 5. The summed E-state index contributed by atoms with van der Waals surface area (Å²) in [5.74, 6) is -1.97. The molecule has 2 atom stereocenters. The maximum absolute atomic E-state index is 14.8. The van der Waals surface area contributed by atoms with Crippen LogP contribution in [0, 0.1) is 17.1 Å². The lowest BCUT2D eigenvalue weighted by Crippen LogP contribution is -2.22. The molecule has 1 saturated carbocycles. The van der Waals surface area contributed by atoms with Crippen molar-refractivity contribution in [3.63, 3.8) is 0 Å². The van der Waals surface area contributed by atoms with Gasteiger partial charge in [0.25, 0.3) is 5.91 Å². The van der Waals surface area contributed by atoms with Gasteiger partial charge < -0.3 is 16.8 Å². The number of alkyl halides is 3. The summed E-state index contributed by atoms with van der Waals surface area (Å²) >= 11 is 0. The van der Waals surface area contributed by atoms with Crippen LogP contribution in [0.15, 0.2) is 72.8 Å². The summed E-state index contributed by atoms with van der Waals surface area (Å²) in [5, 5.41) is 15.2.